The number of furan rings is 1. The molecule has 1 amide bonds. The number of hydrogen-bond acceptors (Lipinski definition) is 4. The van der Waals surface area contributed by atoms with Gasteiger partial charge >= 0.3 is 0 Å². The van der Waals surface area contributed by atoms with Crippen LogP contribution in [0.25, 0.3) is 0 Å². The maximum atomic E-state index is 12.9. The number of sulfonamides is 1. The minimum Gasteiger partial charge on any atom is -0.465 e. The Balaban J connectivity index is 2.17. The van der Waals surface area contributed by atoms with Gasteiger partial charge in [-0.25, -0.2) is 13.1 Å². The van der Waals surface area contributed by atoms with Gasteiger partial charge in [-0.2, -0.15) is 0 Å². The molecule has 1 fully saturated rings. The van der Waals surface area contributed by atoms with Crippen molar-refractivity contribution in [2.75, 3.05) is 19.3 Å². The van der Waals surface area contributed by atoms with E-state index in [4.69, 9.17) is 4.42 Å². The zero-order chi connectivity index (χ0) is 17.2. The molecule has 23 heavy (non-hydrogen) atoms. The smallest absolute Gasteiger partial charge is 0.257 e. The normalized spacial score (nSPS) is 19.3. The quantitative estimate of drug-likeness (QED) is 0.890. The van der Waals surface area contributed by atoms with E-state index >= 15 is 0 Å². The second kappa shape index (κ2) is 7.05. The van der Waals surface area contributed by atoms with E-state index in [-0.39, 0.29) is 24.4 Å². The maximum Gasteiger partial charge on any atom is 0.257 e. The van der Waals surface area contributed by atoms with Crippen molar-refractivity contribution in [2.24, 2.45) is 0 Å². The van der Waals surface area contributed by atoms with E-state index in [9.17, 15) is 13.2 Å². The van der Waals surface area contributed by atoms with Crippen molar-refractivity contribution < 1.29 is 17.6 Å². The molecule has 0 spiro atoms. The zero-order valence-electron chi connectivity index (χ0n) is 14.3. The van der Waals surface area contributed by atoms with Crippen LogP contribution in [-0.2, 0) is 10.0 Å². The average molecular weight is 342 g/mol. The molecule has 1 unspecified atom stereocenters. The number of carbonyl (C=O) groups is 1. The number of likely N-dealkylation sites (tertiary alicyclic amines) is 1. The van der Waals surface area contributed by atoms with Crippen molar-refractivity contribution in [3.63, 3.8) is 0 Å². The Kier molecular flexibility index (Phi) is 5.52. The van der Waals surface area contributed by atoms with Gasteiger partial charge in [-0.05, 0) is 32.3 Å². The van der Waals surface area contributed by atoms with Crippen molar-refractivity contribution in [1.29, 1.82) is 0 Å². The number of carbonyl (C=O) groups excluding carboxylic acids is 1. The molecule has 1 aromatic heterocycles. The highest BCUT2D eigenvalue weighted by molar-refractivity contribution is 7.88. The SMILES string of the molecule is Cc1oc(C(C)C)cc1C(=O)N1CCCCC1CNS(C)(=O)=O. The lowest BCUT2D eigenvalue weighted by Crippen LogP contribution is -2.49. The predicted octanol–water partition coefficient (Wildman–Crippen LogP) is 2.26. The van der Waals surface area contributed by atoms with Crippen LogP contribution in [-0.4, -0.2) is 44.6 Å². The van der Waals surface area contributed by atoms with Crippen LogP contribution in [0.5, 0.6) is 0 Å². The van der Waals surface area contributed by atoms with E-state index < -0.39 is 10.0 Å². The summed E-state index contributed by atoms with van der Waals surface area (Å²) in [6.45, 7) is 6.75. The molecule has 2 rings (SSSR count). The molecular formula is C16H26N2O4S. The van der Waals surface area contributed by atoms with Gasteiger partial charge in [0.15, 0.2) is 0 Å². The minimum atomic E-state index is -3.26. The zero-order valence-corrected chi connectivity index (χ0v) is 15.1. The summed E-state index contributed by atoms with van der Waals surface area (Å²) in [5.41, 5.74) is 0.583. The first-order chi connectivity index (χ1) is 10.7. The van der Waals surface area contributed by atoms with E-state index in [0.717, 1.165) is 31.3 Å². The molecule has 2 heterocycles. The number of aryl methyl sites for hydroxylation is 1. The van der Waals surface area contributed by atoms with Crippen molar-refractivity contribution in [2.45, 2.75) is 52.0 Å². The molecular weight excluding hydrogens is 316 g/mol. The monoisotopic (exact) mass is 342 g/mol. The Morgan fingerprint density at radius 2 is 2.13 bits per heavy atom. The second-order valence-electron chi connectivity index (χ2n) is 6.54. The van der Waals surface area contributed by atoms with Gasteiger partial charge in [0.1, 0.15) is 11.5 Å². The van der Waals surface area contributed by atoms with Crippen LogP contribution in [0.3, 0.4) is 0 Å². The summed E-state index contributed by atoms with van der Waals surface area (Å²) >= 11 is 0. The maximum absolute atomic E-state index is 12.9. The van der Waals surface area contributed by atoms with Crippen molar-refractivity contribution in [1.82, 2.24) is 9.62 Å². The van der Waals surface area contributed by atoms with E-state index in [0.29, 0.717) is 17.9 Å². The summed E-state index contributed by atoms with van der Waals surface area (Å²) in [6, 6.07) is 1.71. The third-order valence-electron chi connectivity index (χ3n) is 4.21. The molecule has 1 saturated heterocycles. The van der Waals surface area contributed by atoms with Gasteiger partial charge in [0.2, 0.25) is 10.0 Å². The Morgan fingerprint density at radius 1 is 1.43 bits per heavy atom. The van der Waals surface area contributed by atoms with Crippen LogP contribution in [0.4, 0.5) is 0 Å². The first-order valence-electron chi connectivity index (χ1n) is 8.05. The summed E-state index contributed by atoms with van der Waals surface area (Å²) in [4.78, 5) is 14.7. The van der Waals surface area contributed by atoms with Crippen molar-refractivity contribution in [3.8, 4) is 0 Å². The van der Waals surface area contributed by atoms with E-state index in [1.807, 2.05) is 19.9 Å². The van der Waals surface area contributed by atoms with E-state index in [1.165, 1.54) is 0 Å². The molecule has 130 valence electrons. The van der Waals surface area contributed by atoms with Gasteiger partial charge in [0.05, 0.1) is 11.8 Å². The van der Waals surface area contributed by atoms with Crippen LogP contribution < -0.4 is 4.72 Å². The summed E-state index contributed by atoms with van der Waals surface area (Å²) < 4.78 is 30.8. The fourth-order valence-corrected chi connectivity index (χ4v) is 3.38. The first kappa shape index (κ1) is 18.0. The molecule has 1 N–H and O–H groups in total. The number of amides is 1. The van der Waals surface area contributed by atoms with Gasteiger partial charge in [0, 0.05) is 25.0 Å². The molecule has 0 aliphatic carbocycles. The van der Waals surface area contributed by atoms with Gasteiger partial charge in [-0.3, -0.25) is 4.79 Å². The third-order valence-corrected chi connectivity index (χ3v) is 4.90. The summed E-state index contributed by atoms with van der Waals surface area (Å²) in [5, 5.41) is 0. The number of piperidine rings is 1. The molecule has 0 aromatic carbocycles. The van der Waals surface area contributed by atoms with Crippen LogP contribution >= 0.6 is 0 Å². The van der Waals surface area contributed by atoms with Crippen LogP contribution in [0, 0.1) is 6.92 Å². The van der Waals surface area contributed by atoms with Crippen molar-refractivity contribution in [3.05, 3.63) is 23.2 Å². The van der Waals surface area contributed by atoms with E-state index in [1.54, 1.807) is 11.8 Å². The molecule has 0 bridgehead atoms. The minimum absolute atomic E-state index is 0.0712. The Labute approximate surface area is 138 Å². The lowest BCUT2D eigenvalue weighted by Gasteiger charge is -2.35. The Hall–Kier alpha value is -1.34. The highest BCUT2D eigenvalue weighted by Gasteiger charge is 2.30. The topological polar surface area (TPSA) is 79.6 Å². The predicted molar refractivity (Wildman–Crippen MR) is 89.1 cm³/mol. The van der Waals surface area contributed by atoms with Gasteiger partial charge in [-0.15, -0.1) is 0 Å². The van der Waals surface area contributed by atoms with Crippen LogP contribution in [0.1, 0.15) is 60.9 Å². The van der Waals surface area contributed by atoms with Crippen LogP contribution in [0.2, 0.25) is 0 Å². The largest absolute Gasteiger partial charge is 0.465 e. The highest BCUT2D eigenvalue weighted by Crippen LogP contribution is 2.25. The Morgan fingerprint density at radius 3 is 2.70 bits per heavy atom. The summed E-state index contributed by atoms with van der Waals surface area (Å²) in [7, 11) is -3.26. The Bertz CT molecular complexity index is 664. The molecule has 7 heteroatoms. The number of rotatable bonds is 5. The van der Waals surface area contributed by atoms with Gasteiger partial charge < -0.3 is 9.32 Å². The molecule has 1 aromatic rings. The number of nitrogens with one attached hydrogen (secondary N) is 1. The molecule has 0 saturated carbocycles. The fourth-order valence-electron chi connectivity index (χ4n) is 2.88. The number of hydrogen-bond donors (Lipinski definition) is 1. The van der Waals surface area contributed by atoms with Gasteiger partial charge in [0.25, 0.3) is 5.91 Å². The molecule has 1 aliphatic heterocycles. The van der Waals surface area contributed by atoms with Crippen LogP contribution in [0.15, 0.2) is 10.5 Å². The fraction of sp³-hybridized carbons (Fsp3) is 0.688. The third kappa shape index (κ3) is 4.57. The average Bonchev–Trinajstić information content (AvgIpc) is 2.86. The second-order valence-corrected chi connectivity index (χ2v) is 8.38. The van der Waals surface area contributed by atoms with E-state index in [2.05, 4.69) is 4.72 Å². The molecule has 1 atom stereocenters. The first-order valence-corrected chi connectivity index (χ1v) is 9.94. The summed E-state index contributed by atoms with van der Waals surface area (Å²) in [6.07, 6.45) is 3.88. The molecule has 0 radical (unpaired) electrons. The standard InChI is InChI=1S/C16H26N2O4S/c1-11(2)15-9-14(12(3)22-15)16(19)18-8-6-5-7-13(18)10-17-23(4,20)21/h9,11,13,17H,5-8,10H2,1-4H3. The van der Waals surface area contributed by atoms with Crippen molar-refractivity contribution >= 4 is 15.9 Å². The molecule has 6 nitrogen and oxygen atoms in total. The number of nitrogens with zero attached hydrogens (tertiary/aromatic N) is 1. The highest BCUT2D eigenvalue weighted by atomic mass is 32.2. The lowest BCUT2D eigenvalue weighted by molar-refractivity contribution is 0.0617. The summed E-state index contributed by atoms with van der Waals surface area (Å²) in [5.74, 6) is 1.57. The lowest BCUT2D eigenvalue weighted by atomic mass is 10.0. The molecule has 1 aliphatic rings. The van der Waals surface area contributed by atoms with Gasteiger partial charge in [-0.1, -0.05) is 13.8 Å².